The van der Waals surface area contributed by atoms with Gasteiger partial charge in [-0.25, -0.2) is 13.2 Å². The predicted molar refractivity (Wildman–Crippen MR) is 122 cm³/mol. The summed E-state index contributed by atoms with van der Waals surface area (Å²) in [4.78, 5) is 40.7. The van der Waals surface area contributed by atoms with Gasteiger partial charge in [-0.05, 0) is 61.7 Å². The number of fused-ring (bicyclic) bond motifs is 2. The van der Waals surface area contributed by atoms with E-state index in [0.29, 0.717) is 25.2 Å². The fourth-order valence-electron chi connectivity index (χ4n) is 4.84. The van der Waals surface area contributed by atoms with E-state index in [-0.39, 0.29) is 4.90 Å². The lowest BCUT2D eigenvalue weighted by Gasteiger charge is -2.31. The maximum atomic E-state index is 13.3. The fraction of sp³-hybridized carbons (Fsp3) is 0.409. The minimum Gasteiger partial charge on any atom is -0.324 e. The second kappa shape index (κ2) is 8.23. The van der Waals surface area contributed by atoms with Gasteiger partial charge in [0.25, 0.3) is 5.91 Å². The van der Waals surface area contributed by atoms with Crippen LogP contribution in [-0.4, -0.2) is 55.1 Å². The van der Waals surface area contributed by atoms with Crippen LogP contribution in [0.3, 0.4) is 0 Å². The number of thiophene rings is 1. The van der Waals surface area contributed by atoms with Crippen LogP contribution in [0.25, 0.3) is 0 Å². The number of hydrogen-bond acceptors (Lipinski definition) is 6. The van der Waals surface area contributed by atoms with E-state index in [9.17, 15) is 22.8 Å². The van der Waals surface area contributed by atoms with Gasteiger partial charge in [0.2, 0.25) is 15.9 Å². The van der Waals surface area contributed by atoms with Gasteiger partial charge in [0.1, 0.15) is 12.1 Å². The molecule has 1 aromatic heterocycles. The molecule has 1 atom stereocenters. The lowest BCUT2D eigenvalue weighted by molar-refractivity contribution is -0.134. The molecule has 9 nitrogen and oxygen atoms in total. The molecule has 174 valence electrons. The van der Waals surface area contributed by atoms with Crippen LogP contribution in [0, 0.1) is 0 Å². The normalized spacial score (nSPS) is 23.1. The molecule has 0 saturated carbocycles. The molecule has 2 aliphatic heterocycles. The molecule has 0 radical (unpaired) electrons. The quantitative estimate of drug-likeness (QED) is 0.627. The third-order valence-corrected chi connectivity index (χ3v) is 9.33. The smallest absolute Gasteiger partial charge is 0.324 e. The van der Waals surface area contributed by atoms with Gasteiger partial charge in [0, 0.05) is 29.2 Å². The maximum Gasteiger partial charge on any atom is 0.325 e. The molecule has 2 saturated heterocycles. The van der Waals surface area contributed by atoms with E-state index >= 15 is 0 Å². The zero-order valence-electron chi connectivity index (χ0n) is 17.9. The van der Waals surface area contributed by atoms with Gasteiger partial charge >= 0.3 is 6.03 Å². The first-order chi connectivity index (χ1) is 15.8. The van der Waals surface area contributed by atoms with Crippen molar-refractivity contribution in [2.75, 3.05) is 25.0 Å². The zero-order chi connectivity index (χ0) is 23.2. The summed E-state index contributed by atoms with van der Waals surface area (Å²) in [6.07, 6.45) is 3.80. The summed E-state index contributed by atoms with van der Waals surface area (Å²) in [7, 11) is -3.62. The Morgan fingerprint density at radius 1 is 1.15 bits per heavy atom. The molecule has 2 fully saturated rings. The van der Waals surface area contributed by atoms with Crippen molar-refractivity contribution in [1.82, 2.24) is 14.5 Å². The number of imide groups is 1. The monoisotopic (exact) mass is 488 g/mol. The van der Waals surface area contributed by atoms with E-state index < -0.39 is 40.0 Å². The summed E-state index contributed by atoms with van der Waals surface area (Å²) < 4.78 is 27.0. The number of nitrogens with one attached hydrogen (secondary N) is 2. The van der Waals surface area contributed by atoms with Crippen molar-refractivity contribution < 1.29 is 22.8 Å². The summed E-state index contributed by atoms with van der Waals surface area (Å²) in [6.45, 7) is 0.520. The maximum absolute atomic E-state index is 13.3. The van der Waals surface area contributed by atoms with Gasteiger partial charge in [-0.15, -0.1) is 11.3 Å². The molecule has 0 unspecified atom stereocenters. The van der Waals surface area contributed by atoms with Gasteiger partial charge < -0.3 is 10.6 Å². The molecule has 1 aliphatic carbocycles. The van der Waals surface area contributed by atoms with Crippen molar-refractivity contribution in [2.45, 2.75) is 42.5 Å². The van der Waals surface area contributed by atoms with Crippen LogP contribution in [0.2, 0.25) is 0 Å². The Labute approximate surface area is 195 Å². The largest absolute Gasteiger partial charge is 0.325 e. The number of nitrogens with zero attached hydrogens (tertiary/aromatic N) is 2. The van der Waals surface area contributed by atoms with Gasteiger partial charge in [-0.1, -0.05) is 6.07 Å². The number of aryl methyl sites for hydroxylation is 1. The Morgan fingerprint density at radius 3 is 2.73 bits per heavy atom. The molecule has 11 heteroatoms. The molecular weight excluding hydrogens is 464 g/mol. The van der Waals surface area contributed by atoms with Gasteiger partial charge in [-0.2, -0.15) is 4.31 Å². The van der Waals surface area contributed by atoms with E-state index in [1.807, 2.05) is 11.4 Å². The van der Waals surface area contributed by atoms with Crippen molar-refractivity contribution in [3.63, 3.8) is 0 Å². The van der Waals surface area contributed by atoms with E-state index in [0.717, 1.165) is 41.0 Å². The number of amides is 4. The van der Waals surface area contributed by atoms with Crippen LogP contribution < -0.4 is 10.6 Å². The third-order valence-electron chi connectivity index (χ3n) is 6.46. The Bertz CT molecular complexity index is 1230. The van der Waals surface area contributed by atoms with E-state index in [4.69, 9.17) is 0 Å². The molecule has 2 N–H and O–H groups in total. The standard InChI is InChI=1S/C22H24N4O5S2/c27-19(23-15-5-3-6-16(13-15)33(30,31)25-10-1-2-11-25)14-26-20(28)22(24-21(26)29)9-4-7-18-17(22)8-12-32-18/h3,5-6,8,12-13H,1-2,4,7,9-11,14H2,(H,23,27)(H,24,29)/t22-/m0/s1. The highest BCUT2D eigenvalue weighted by Gasteiger charge is 2.54. The number of sulfonamides is 1. The summed E-state index contributed by atoms with van der Waals surface area (Å²) in [5.74, 6) is -1.00. The van der Waals surface area contributed by atoms with Gasteiger partial charge in [0.15, 0.2) is 0 Å². The van der Waals surface area contributed by atoms with Crippen molar-refractivity contribution in [1.29, 1.82) is 0 Å². The highest BCUT2D eigenvalue weighted by atomic mass is 32.2. The number of rotatable bonds is 5. The number of anilines is 1. The number of hydrogen-bond donors (Lipinski definition) is 2. The lowest BCUT2D eigenvalue weighted by atomic mass is 9.80. The van der Waals surface area contributed by atoms with Crippen molar-refractivity contribution in [2.24, 2.45) is 0 Å². The minimum absolute atomic E-state index is 0.100. The fourth-order valence-corrected chi connectivity index (χ4v) is 7.40. The molecule has 0 bridgehead atoms. The molecule has 33 heavy (non-hydrogen) atoms. The topological polar surface area (TPSA) is 116 Å². The summed E-state index contributed by atoms with van der Waals surface area (Å²) in [5.41, 5.74) is 0.00828. The first kappa shape index (κ1) is 22.1. The van der Waals surface area contributed by atoms with E-state index in [1.165, 1.54) is 16.4 Å². The first-order valence-corrected chi connectivity index (χ1v) is 13.2. The molecule has 3 heterocycles. The third kappa shape index (κ3) is 3.73. The Balaban J connectivity index is 1.30. The number of benzene rings is 1. The number of carbonyl (C=O) groups excluding carboxylic acids is 3. The molecule has 1 spiro atoms. The molecule has 5 rings (SSSR count). The summed E-state index contributed by atoms with van der Waals surface area (Å²) in [5, 5.41) is 7.36. The molecular formula is C22H24N4O5S2. The predicted octanol–water partition coefficient (Wildman–Crippen LogP) is 2.25. The second-order valence-corrected chi connectivity index (χ2v) is 11.5. The zero-order valence-corrected chi connectivity index (χ0v) is 19.5. The Kier molecular flexibility index (Phi) is 5.50. The second-order valence-electron chi connectivity index (χ2n) is 8.52. The first-order valence-electron chi connectivity index (χ1n) is 10.9. The highest BCUT2D eigenvalue weighted by Crippen LogP contribution is 2.42. The van der Waals surface area contributed by atoms with Crippen molar-refractivity contribution in [3.05, 3.63) is 46.2 Å². The average molecular weight is 489 g/mol. The Hall–Kier alpha value is -2.76. The van der Waals surface area contributed by atoms with Crippen LogP contribution in [0.1, 0.15) is 36.1 Å². The van der Waals surface area contributed by atoms with Crippen molar-refractivity contribution in [3.8, 4) is 0 Å². The average Bonchev–Trinajstić information content (AvgIpc) is 3.53. The van der Waals surface area contributed by atoms with E-state index in [1.54, 1.807) is 23.5 Å². The molecule has 4 amide bonds. The van der Waals surface area contributed by atoms with Crippen LogP contribution in [0.5, 0.6) is 0 Å². The van der Waals surface area contributed by atoms with E-state index in [2.05, 4.69) is 10.6 Å². The van der Waals surface area contributed by atoms with Crippen LogP contribution >= 0.6 is 11.3 Å². The van der Waals surface area contributed by atoms with Gasteiger partial charge in [0.05, 0.1) is 4.90 Å². The van der Waals surface area contributed by atoms with Crippen LogP contribution in [-0.2, 0) is 31.6 Å². The van der Waals surface area contributed by atoms with Crippen LogP contribution in [0.4, 0.5) is 10.5 Å². The summed E-state index contributed by atoms with van der Waals surface area (Å²) in [6, 6.07) is 7.30. The van der Waals surface area contributed by atoms with Crippen LogP contribution in [0.15, 0.2) is 40.6 Å². The molecule has 1 aromatic carbocycles. The molecule has 3 aliphatic rings. The highest BCUT2D eigenvalue weighted by molar-refractivity contribution is 7.89. The number of urea groups is 1. The van der Waals surface area contributed by atoms with Gasteiger partial charge in [-0.3, -0.25) is 14.5 Å². The lowest BCUT2D eigenvalue weighted by Crippen LogP contribution is -2.46. The SMILES string of the molecule is O=C(CN1C(=O)N[C@]2(CCCc3sccc32)C1=O)Nc1cccc(S(=O)(=O)N2CCCC2)c1. The van der Waals surface area contributed by atoms with Crippen molar-refractivity contribution >= 4 is 44.9 Å². The Morgan fingerprint density at radius 2 is 1.94 bits per heavy atom. The number of carbonyl (C=O) groups is 3. The summed E-state index contributed by atoms with van der Waals surface area (Å²) >= 11 is 1.56. The molecule has 2 aromatic rings. The minimum atomic E-state index is -3.62.